The highest BCUT2D eigenvalue weighted by Gasteiger charge is 2.45. The quantitative estimate of drug-likeness (QED) is 0.621. The average Bonchev–Trinajstić information content (AvgIpc) is 3.07. The maximum absolute atomic E-state index is 11.1. The van der Waals surface area contributed by atoms with Crippen LogP contribution in [0.5, 0.6) is 0 Å². The molecular weight excluding hydrogens is 282 g/mol. The lowest BCUT2D eigenvalue weighted by atomic mass is 10.1. The van der Waals surface area contributed by atoms with Crippen LogP contribution in [0.3, 0.4) is 0 Å². The molecule has 3 rings (SSSR count). The van der Waals surface area contributed by atoms with Crippen molar-refractivity contribution >= 4 is 6.09 Å². The van der Waals surface area contributed by atoms with E-state index in [1.54, 1.807) is 0 Å². The van der Waals surface area contributed by atoms with E-state index in [2.05, 4.69) is 29.6 Å². The van der Waals surface area contributed by atoms with Crippen molar-refractivity contribution in [2.75, 3.05) is 13.2 Å². The van der Waals surface area contributed by atoms with E-state index >= 15 is 0 Å². The Morgan fingerprint density at radius 3 is 3.00 bits per heavy atom. The Labute approximate surface area is 130 Å². The Bertz CT molecular complexity index is 517. The average molecular weight is 303 g/mol. The zero-order chi connectivity index (χ0) is 15.2. The molecule has 2 heterocycles. The highest BCUT2D eigenvalue weighted by atomic mass is 16.6. The number of hydrogen-bond donors (Lipinski definition) is 1. The van der Waals surface area contributed by atoms with Gasteiger partial charge in [0.05, 0.1) is 25.9 Å². The second-order valence-corrected chi connectivity index (χ2v) is 5.53. The third-order valence-corrected chi connectivity index (χ3v) is 3.87. The molecule has 1 amide bonds. The fourth-order valence-corrected chi connectivity index (χ4v) is 2.73. The molecule has 0 aliphatic carbocycles. The maximum Gasteiger partial charge on any atom is 0.408 e. The lowest BCUT2D eigenvalue weighted by Gasteiger charge is -2.12. The van der Waals surface area contributed by atoms with Gasteiger partial charge in [0.15, 0.2) is 6.10 Å². The zero-order valence-electron chi connectivity index (χ0n) is 12.4. The number of amides is 1. The number of alkyl carbamates (subject to hydrolysis) is 1. The fraction of sp³-hybridized carbons (Fsp3) is 0.471. The normalized spacial score (nSPS) is 26.9. The van der Waals surface area contributed by atoms with Gasteiger partial charge in [-0.2, -0.15) is 0 Å². The molecule has 0 bridgehead atoms. The van der Waals surface area contributed by atoms with E-state index in [0.29, 0.717) is 19.8 Å². The summed E-state index contributed by atoms with van der Waals surface area (Å²) in [7, 11) is 0. The third-order valence-electron chi connectivity index (χ3n) is 3.87. The monoisotopic (exact) mass is 303 g/mol. The molecule has 0 aromatic heterocycles. The lowest BCUT2D eigenvalue weighted by molar-refractivity contribution is 0.0369. The number of hydrogen-bond acceptors (Lipinski definition) is 4. The smallest absolute Gasteiger partial charge is 0.408 e. The fourth-order valence-electron chi connectivity index (χ4n) is 2.73. The summed E-state index contributed by atoms with van der Waals surface area (Å²) >= 11 is 0. The second-order valence-electron chi connectivity index (χ2n) is 5.53. The van der Waals surface area contributed by atoms with E-state index in [-0.39, 0.29) is 24.3 Å². The van der Waals surface area contributed by atoms with Crippen molar-refractivity contribution in [1.29, 1.82) is 0 Å². The molecule has 0 spiro atoms. The van der Waals surface area contributed by atoms with Gasteiger partial charge in [0.2, 0.25) is 0 Å². The van der Waals surface area contributed by atoms with Crippen LogP contribution in [0.25, 0.3) is 0 Å². The van der Waals surface area contributed by atoms with Gasteiger partial charge in [-0.05, 0) is 18.4 Å². The molecule has 1 N–H and O–H groups in total. The van der Waals surface area contributed by atoms with Crippen molar-refractivity contribution in [1.82, 2.24) is 5.32 Å². The van der Waals surface area contributed by atoms with Crippen LogP contribution in [0.2, 0.25) is 0 Å². The van der Waals surface area contributed by atoms with Gasteiger partial charge >= 0.3 is 6.09 Å². The molecule has 1 aromatic rings. The Morgan fingerprint density at radius 1 is 1.27 bits per heavy atom. The summed E-state index contributed by atoms with van der Waals surface area (Å²) in [6.45, 7) is 1.88. The number of benzene rings is 1. The van der Waals surface area contributed by atoms with E-state index in [9.17, 15) is 4.79 Å². The van der Waals surface area contributed by atoms with Crippen molar-refractivity contribution in [2.45, 2.75) is 37.7 Å². The Hall–Kier alpha value is -1.85. The number of carbonyl (C=O) groups excluding carboxylic acids is 1. The Morgan fingerprint density at radius 2 is 2.14 bits per heavy atom. The molecule has 22 heavy (non-hydrogen) atoms. The molecule has 3 atom stereocenters. The van der Waals surface area contributed by atoms with Crippen LogP contribution in [0.15, 0.2) is 42.5 Å². The number of carbonyl (C=O) groups is 1. The molecule has 0 radical (unpaired) electrons. The molecule has 118 valence electrons. The van der Waals surface area contributed by atoms with E-state index in [0.717, 1.165) is 12.8 Å². The van der Waals surface area contributed by atoms with Gasteiger partial charge in [0.25, 0.3) is 0 Å². The van der Waals surface area contributed by atoms with E-state index in [1.165, 1.54) is 5.56 Å². The van der Waals surface area contributed by atoms with Gasteiger partial charge in [0.1, 0.15) is 6.10 Å². The van der Waals surface area contributed by atoms with Gasteiger partial charge in [-0.1, -0.05) is 42.5 Å². The van der Waals surface area contributed by atoms with Crippen LogP contribution < -0.4 is 5.32 Å². The van der Waals surface area contributed by atoms with E-state index < -0.39 is 0 Å². The summed E-state index contributed by atoms with van der Waals surface area (Å²) in [4.78, 5) is 11.1. The van der Waals surface area contributed by atoms with Crippen LogP contribution in [-0.4, -0.2) is 37.6 Å². The first-order valence-corrected chi connectivity index (χ1v) is 7.68. The zero-order valence-corrected chi connectivity index (χ0v) is 12.4. The molecule has 2 fully saturated rings. The minimum Gasteiger partial charge on any atom is -0.441 e. The van der Waals surface area contributed by atoms with Gasteiger partial charge in [-0.25, -0.2) is 4.79 Å². The van der Waals surface area contributed by atoms with Crippen molar-refractivity contribution in [2.24, 2.45) is 0 Å². The first-order chi connectivity index (χ1) is 10.8. The summed E-state index contributed by atoms with van der Waals surface area (Å²) in [5.74, 6) is 0. The molecule has 2 saturated heterocycles. The van der Waals surface area contributed by atoms with Crippen molar-refractivity contribution in [3.05, 3.63) is 48.0 Å². The van der Waals surface area contributed by atoms with Crippen molar-refractivity contribution in [3.63, 3.8) is 0 Å². The van der Waals surface area contributed by atoms with Crippen LogP contribution in [0.4, 0.5) is 4.79 Å². The number of fused-ring (bicyclic) bond motifs is 1. The molecule has 2 aliphatic rings. The van der Waals surface area contributed by atoms with Gasteiger partial charge in [-0.15, -0.1) is 0 Å². The van der Waals surface area contributed by atoms with E-state index in [4.69, 9.17) is 14.2 Å². The molecule has 5 nitrogen and oxygen atoms in total. The van der Waals surface area contributed by atoms with E-state index in [1.807, 2.05) is 18.2 Å². The molecule has 5 heteroatoms. The van der Waals surface area contributed by atoms with Crippen LogP contribution >= 0.6 is 0 Å². The third kappa shape index (κ3) is 3.87. The topological polar surface area (TPSA) is 56.8 Å². The summed E-state index contributed by atoms with van der Waals surface area (Å²) in [5, 5.41) is 2.75. The summed E-state index contributed by atoms with van der Waals surface area (Å²) in [6.07, 6.45) is 5.27. The minimum absolute atomic E-state index is 0.0140. The highest BCUT2D eigenvalue weighted by molar-refractivity contribution is 5.70. The molecule has 1 aromatic carbocycles. The maximum atomic E-state index is 11.1. The summed E-state index contributed by atoms with van der Waals surface area (Å²) in [6, 6.07) is 10.1. The predicted molar refractivity (Wildman–Crippen MR) is 81.4 cm³/mol. The van der Waals surface area contributed by atoms with Gasteiger partial charge < -0.3 is 19.5 Å². The summed E-state index contributed by atoms with van der Waals surface area (Å²) in [5.41, 5.74) is 1.19. The number of ether oxygens (including phenoxy) is 3. The summed E-state index contributed by atoms with van der Waals surface area (Å²) < 4.78 is 16.5. The first kappa shape index (κ1) is 15.1. The molecular formula is C17H21NO4. The Kier molecular flexibility index (Phi) is 5.08. The van der Waals surface area contributed by atoms with Crippen molar-refractivity contribution in [3.8, 4) is 0 Å². The van der Waals surface area contributed by atoms with Crippen molar-refractivity contribution < 1.29 is 19.0 Å². The minimum atomic E-state index is -0.332. The Balaban J connectivity index is 1.29. The molecule has 0 unspecified atom stereocenters. The number of nitrogens with one attached hydrogen (secondary N) is 1. The lowest BCUT2D eigenvalue weighted by Crippen LogP contribution is -2.32. The van der Waals surface area contributed by atoms with Gasteiger partial charge in [-0.3, -0.25) is 0 Å². The number of rotatable bonds is 7. The second kappa shape index (κ2) is 7.42. The standard InChI is InChI=1S/C17H21NO4/c19-17-18-14-12-21-15(16(14)22-17)9-5-2-6-10-20-11-13-7-3-1-4-8-13/h1-5,7-8,14-16H,6,9-12H2,(H,18,19)/b5-2+/t14-,15-,16-/m0/s1. The SMILES string of the molecule is O=C1N[C@H]2CO[C@@H](C/C=C/CCOCc3ccccc3)[C@H]2O1. The van der Waals surface area contributed by atoms with Crippen LogP contribution in [0, 0.1) is 0 Å². The van der Waals surface area contributed by atoms with Crippen LogP contribution in [0.1, 0.15) is 18.4 Å². The largest absolute Gasteiger partial charge is 0.441 e. The predicted octanol–water partition coefficient (Wildman–Crippen LogP) is 2.42. The van der Waals surface area contributed by atoms with Crippen LogP contribution in [-0.2, 0) is 20.8 Å². The molecule has 2 aliphatic heterocycles. The highest BCUT2D eigenvalue weighted by Crippen LogP contribution is 2.25. The van der Waals surface area contributed by atoms with Gasteiger partial charge in [0, 0.05) is 0 Å². The first-order valence-electron chi connectivity index (χ1n) is 7.68. The molecule has 0 saturated carbocycles.